The first kappa shape index (κ1) is 11.5. The number of amides is 1. The van der Waals surface area contributed by atoms with Gasteiger partial charge in [0, 0.05) is 18.0 Å². The minimum absolute atomic E-state index is 0.0715. The van der Waals surface area contributed by atoms with E-state index >= 15 is 0 Å². The van der Waals surface area contributed by atoms with Gasteiger partial charge < -0.3 is 10.0 Å². The van der Waals surface area contributed by atoms with Gasteiger partial charge in [0.2, 0.25) is 5.91 Å². The second-order valence-corrected chi connectivity index (χ2v) is 4.69. The lowest BCUT2D eigenvalue weighted by Crippen LogP contribution is -2.43. The molecule has 0 heterocycles. The van der Waals surface area contributed by atoms with Gasteiger partial charge in [0.25, 0.3) is 0 Å². The predicted molar refractivity (Wildman–Crippen MR) is 55.9 cm³/mol. The number of aliphatic hydroxyl groups excluding tert-OH is 1. The zero-order chi connectivity index (χ0) is 10.8. The van der Waals surface area contributed by atoms with Crippen LogP contribution in [-0.2, 0) is 4.79 Å². The normalized spacial score (nSPS) is 16.9. The van der Waals surface area contributed by atoms with Crippen LogP contribution in [0.15, 0.2) is 0 Å². The molecule has 0 aromatic heterocycles. The highest BCUT2D eigenvalue weighted by Crippen LogP contribution is 2.32. The van der Waals surface area contributed by atoms with Crippen molar-refractivity contribution in [3.63, 3.8) is 0 Å². The molecule has 0 saturated heterocycles. The summed E-state index contributed by atoms with van der Waals surface area (Å²) in [6, 6.07) is 0.403. The zero-order valence-electron chi connectivity index (χ0n) is 9.42. The fourth-order valence-corrected chi connectivity index (χ4v) is 1.48. The van der Waals surface area contributed by atoms with Crippen LogP contribution in [0.1, 0.15) is 40.0 Å². The molecule has 3 heteroatoms. The van der Waals surface area contributed by atoms with Crippen molar-refractivity contribution in [3.05, 3.63) is 0 Å². The third-order valence-electron chi connectivity index (χ3n) is 3.05. The predicted octanol–water partition coefficient (Wildman–Crippen LogP) is 1.41. The zero-order valence-corrected chi connectivity index (χ0v) is 9.42. The van der Waals surface area contributed by atoms with Gasteiger partial charge in [0.15, 0.2) is 0 Å². The highest BCUT2D eigenvalue weighted by atomic mass is 16.3. The monoisotopic (exact) mass is 199 g/mol. The molecule has 3 nitrogen and oxygen atoms in total. The summed E-state index contributed by atoms with van der Waals surface area (Å²) < 4.78 is 0. The lowest BCUT2D eigenvalue weighted by Gasteiger charge is -2.31. The van der Waals surface area contributed by atoms with E-state index in [0.717, 1.165) is 19.3 Å². The standard InChI is InChI=1S/C11H21NO2/c1-4-11(2,3)10(14)12(7-8-13)9-5-6-9/h9,13H,4-8H2,1-3H3. The SMILES string of the molecule is CCC(C)(C)C(=O)N(CCO)C1CC1. The first-order valence-corrected chi connectivity index (χ1v) is 5.45. The fraction of sp³-hybridized carbons (Fsp3) is 0.909. The summed E-state index contributed by atoms with van der Waals surface area (Å²) in [7, 11) is 0. The Morgan fingerprint density at radius 3 is 2.43 bits per heavy atom. The molecule has 0 aromatic rings. The van der Waals surface area contributed by atoms with Crippen LogP contribution >= 0.6 is 0 Å². The van der Waals surface area contributed by atoms with E-state index in [4.69, 9.17) is 5.11 Å². The van der Waals surface area contributed by atoms with Crippen molar-refractivity contribution in [2.24, 2.45) is 5.41 Å². The molecular weight excluding hydrogens is 178 g/mol. The molecule has 0 unspecified atom stereocenters. The first-order chi connectivity index (χ1) is 6.53. The van der Waals surface area contributed by atoms with E-state index in [1.807, 2.05) is 25.7 Å². The molecule has 1 amide bonds. The molecule has 82 valence electrons. The minimum atomic E-state index is -0.280. The van der Waals surface area contributed by atoms with Gasteiger partial charge in [0.1, 0.15) is 0 Å². The van der Waals surface area contributed by atoms with Crippen molar-refractivity contribution in [2.45, 2.75) is 46.1 Å². The Morgan fingerprint density at radius 1 is 1.50 bits per heavy atom. The van der Waals surface area contributed by atoms with Crippen molar-refractivity contribution >= 4 is 5.91 Å². The quantitative estimate of drug-likeness (QED) is 0.727. The summed E-state index contributed by atoms with van der Waals surface area (Å²) in [4.78, 5) is 13.9. The van der Waals surface area contributed by atoms with Gasteiger partial charge in [-0.3, -0.25) is 4.79 Å². The van der Waals surface area contributed by atoms with E-state index in [1.54, 1.807) is 0 Å². The summed E-state index contributed by atoms with van der Waals surface area (Å²) >= 11 is 0. The van der Waals surface area contributed by atoms with E-state index in [1.165, 1.54) is 0 Å². The van der Waals surface area contributed by atoms with Gasteiger partial charge in [-0.15, -0.1) is 0 Å². The van der Waals surface area contributed by atoms with Crippen LogP contribution in [0.5, 0.6) is 0 Å². The summed E-state index contributed by atoms with van der Waals surface area (Å²) in [5.74, 6) is 0.191. The van der Waals surface area contributed by atoms with Gasteiger partial charge in [-0.25, -0.2) is 0 Å². The van der Waals surface area contributed by atoms with Crippen molar-refractivity contribution < 1.29 is 9.90 Å². The highest BCUT2D eigenvalue weighted by Gasteiger charge is 2.38. The maximum atomic E-state index is 12.1. The molecule has 1 saturated carbocycles. The molecule has 1 fully saturated rings. The Bertz CT molecular complexity index is 209. The fourth-order valence-electron chi connectivity index (χ4n) is 1.48. The molecule has 0 aromatic carbocycles. The molecular formula is C11H21NO2. The maximum absolute atomic E-state index is 12.1. The van der Waals surface area contributed by atoms with E-state index in [-0.39, 0.29) is 17.9 Å². The molecule has 1 N–H and O–H groups in total. The molecule has 1 rings (SSSR count). The molecule has 0 radical (unpaired) electrons. The number of rotatable bonds is 5. The smallest absolute Gasteiger partial charge is 0.228 e. The summed E-state index contributed by atoms with van der Waals surface area (Å²) in [5.41, 5.74) is -0.280. The number of nitrogens with zero attached hydrogens (tertiary/aromatic N) is 1. The number of carbonyl (C=O) groups excluding carboxylic acids is 1. The van der Waals surface area contributed by atoms with Crippen LogP contribution < -0.4 is 0 Å². The molecule has 0 spiro atoms. The van der Waals surface area contributed by atoms with Crippen LogP contribution in [0.4, 0.5) is 0 Å². The number of hydrogen-bond acceptors (Lipinski definition) is 2. The van der Waals surface area contributed by atoms with Gasteiger partial charge in [-0.1, -0.05) is 20.8 Å². The van der Waals surface area contributed by atoms with Crippen LogP contribution in [0, 0.1) is 5.41 Å². The topological polar surface area (TPSA) is 40.5 Å². The van der Waals surface area contributed by atoms with Crippen molar-refractivity contribution in [1.82, 2.24) is 4.90 Å². The molecule has 0 atom stereocenters. The average molecular weight is 199 g/mol. The first-order valence-electron chi connectivity index (χ1n) is 5.45. The maximum Gasteiger partial charge on any atom is 0.228 e. The highest BCUT2D eigenvalue weighted by molar-refractivity contribution is 5.82. The molecule has 1 aliphatic carbocycles. The summed E-state index contributed by atoms with van der Waals surface area (Å²) in [6.45, 7) is 6.54. The Labute approximate surface area is 86.1 Å². The molecule has 0 aliphatic heterocycles. The van der Waals surface area contributed by atoms with E-state index < -0.39 is 0 Å². The second-order valence-electron chi connectivity index (χ2n) is 4.69. The van der Waals surface area contributed by atoms with Crippen molar-refractivity contribution in [2.75, 3.05) is 13.2 Å². The van der Waals surface area contributed by atoms with Gasteiger partial charge >= 0.3 is 0 Å². The third-order valence-corrected chi connectivity index (χ3v) is 3.05. The molecule has 14 heavy (non-hydrogen) atoms. The van der Waals surface area contributed by atoms with Crippen molar-refractivity contribution in [1.29, 1.82) is 0 Å². The summed E-state index contributed by atoms with van der Waals surface area (Å²) in [6.07, 6.45) is 3.05. The average Bonchev–Trinajstić information content (AvgIpc) is 2.96. The number of hydrogen-bond donors (Lipinski definition) is 1. The van der Waals surface area contributed by atoms with Crippen LogP contribution in [0.2, 0.25) is 0 Å². The van der Waals surface area contributed by atoms with Crippen LogP contribution in [0.3, 0.4) is 0 Å². The van der Waals surface area contributed by atoms with E-state index in [0.29, 0.717) is 12.6 Å². The number of carbonyl (C=O) groups is 1. The Morgan fingerprint density at radius 2 is 2.07 bits per heavy atom. The largest absolute Gasteiger partial charge is 0.395 e. The van der Waals surface area contributed by atoms with Crippen molar-refractivity contribution in [3.8, 4) is 0 Å². The van der Waals surface area contributed by atoms with Crippen LogP contribution in [-0.4, -0.2) is 35.1 Å². The Hall–Kier alpha value is -0.570. The van der Waals surface area contributed by atoms with E-state index in [9.17, 15) is 4.79 Å². The van der Waals surface area contributed by atoms with Crippen LogP contribution in [0.25, 0.3) is 0 Å². The second kappa shape index (κ2) is 4.30. The van der Waals surface area contributed by atoms with Gasteiger partial charge in [0.05, 0.1) is 6.61 Å². The molecule has 1 aliphatic rings. The number of aliphatic hydroxyl groups is 1. The van der Waals surface area contributed by atoms with Gasteiger partial charge in [-0.05, 0) is 19.3 Å². The Balaban J connectivity index is 2.62. The molecule has 0 bridgehead atoms. The summed E-state index contributed by atoms with van der Waals surface area (Å²) in [5, 5.41) is 8.91. The third kappa shape index (κ3) is 2.47. The lowest BCUT2D eigenvalue weighted by molar-refractivity contribution is -0.141. The van der Waals surface area contributed by atoms with Gasteiger partial charge in [-0.2, -0.15) is 0 Å². The Kier molecular flexibility index (Phi) is 3.53. The lowest BCUT2D eigenvalue weighted by atomic mass is 9.88. The minimum Gasteiger partial charge on any atom is -0.395 e. The van der Waals surface area contributed by atoms with E-state index in [2.05, 4.69) is 0 Å².